The number of carbonyl (C=O) groups is 1. The zero-order valence-corrected chi connectivity index (χ0v) is 26.5. The number of aromatic nitrogens is 4. The van der Waals surface area contributed by atoms with E-state index in [0.717, 1.165) is 127 Å². The molecule has 2 aliphatic heterocycles. The van der Waals surface area contributed by atoms with Crippen LogP contribution in [0.5, 0.6) is 0 Å². The Labute approximate surface area is 276 Å². The van der Waals surface area contributed by atoms with Crippen molar-refractivity contribution in [3.8, 4) is 0 Å². The monoisotopic (exact) mass is 607 g/mol. The fourth-order valence-electron chi connectivity index (χ4n) is 6.54. The Morgan fingerprint density at radius 2 is 1.25 bits per heavy atom. The van der Waals surface area contributed by atoms with Gasteiger partial charge in [-0.2, -0.15) is 10.2 Å². The first-order chi connectivity index (χ1) is 20.5. The molecule has 2 saturated carbocycles. The summed E-state index contributed by atoms with van der Waals surface area (Å²) in [5.41, 5.74) is 13.7. The van der Waals surface area contributed by atoms with E-state index in [2.05, 4.69) is 9.80 Å². The first-order valence-corrected chi connectivity index (χ1v) is 15.5. The van der Waals surface area contributed by atoms with Crippen molar-refractivity contribution in [2.24, 2.45) is 11.8 Å². The molecule has 0 bridgehead atoms. The molecule has 2 aromatic rings. The van der Waals surface area contributed by atoms with Crippen molar-refractivity contribution in [3.63, 3.8) is 0 Å². The van der Waals surface area contributed by atoms with E-state index in [9.17, 15) is 9.90 Å². The van der Waals surface area contributed by atoms with Crippen LogP contribution in [0, 0.1) is 11.8 Å². The number of aliphatic hydroxyl groups is 1. The summed E-state index contributed by atoms with van der Waals surface area (Å²) in [5, 5.41) is 18.6. The minimum atomic E-state index is -0.0903. The maximum absolute atomic E-state index is 11.6. The minimum absolute atomic E-state index is 0. The van der Waals surface area contributed by atoms with Crippen LogP contribution in [-0.4, -0.2) is 105 Å². The van der Waals surface area contributed by atoms with Gasteiger partial charge in [0.25, 0.3) is 0 Å². The van der Waals surface area contributed by atoms with E-state index >= 15 is 0 Å². The van der Waals surface area contributed by atoms with E-state index in [0.29, 0.717) is 24.6 Å². The van der Waals surface area contributed by atoms with Crippen LogP contribution >= 0.6 is 0 Å². The molecule has 2 aromatic heterocycles. The average Bonchev–Trinajstić information content (AvgIpc) is 3.64. The van der Waals surface area contributed by atoms with Crippen LogP contribution in [0.1, 0.15) is 64.9 Å². The van der Waals surface area contributed by atoms with Crippen molar-refractivity contribution < 1.29 is 44.4 Å². The maximum atomic E-state index is 11.6. The van der Waals surface area contributed by atoms with Gasteiger partial charge in [0.05, 0.1) is 75.3 Å². The molecule has 13 nitrogen and oxygen atoms in total. The van der Waals surface area contributed by atoms with E-state index in [4.69, 9.17) is 35.9 Å². The van der Waals surface area contributed by atoms with Gasteiger partial charge in [-0.25, -0.2) is 0 Å². The molecule has 0 amide bonds. The van der Waals surface area contributed by atoms with E-state index in [1.807, 2.05) is 21.8 Å². The number of nitrogen functional groups attached to an aromatic ring is 2. The standard InChI is InChI=1S/C15H24N4O3.C14H24N4O2.B.Li.H/c1-21-15(20)11-2-4-12(5-3-11)19-10-13(16)14(17-19)18-6-8-22-9-7-18;15-13-9-18(12-3-1-11(10-19)2-4-12)16-14(13)17-5-7-20-8-6-17;;;/h10-12H,2-9,16H2,1H3;9,11-12,19H,1-8,10,15H2;;;/q;;;+1;-1. The van der Waals surface area contributed by atoms with Crippen molar-refractivity contribution in [3.05, 3.63) is 12.4 Å². The first-order valence-electron chi connectivity index (χ1n) is 15.5. The fourth-order valence-corrected chi connectivity index (χ4v) is 6.54. The van der Waals surface area contributed by atoms with Crippen molar-refractivity contribution in [2.45, 2.75) is 63.5 Å². The van der Waals surface area contributed by atoms with Gasteiger partial charge in [0.2, 0.25) is 0 Å². The van der Waals surface area contributed by atoms with Crippen LogP contribution in [0.15, 0.2) is 12.4 Å². The largest absolute Gasteiger partial charge is 1.00 e. The second-order valence-corrected chi connectivity index (χ2v) is 11.9. The summed E-state index contributed by atoms with van der Waals surface area (Å²) in [6.07, 6.45) is 11.8. The molecule has 6 rings (SSSR count). The third-order valence-electron chi connectivity index (χ3n) is 9.15. The predicted octanol–water partition coefficient (Wildman–Crippen LogP) is -1.03. The Morgan fingerprint density at radius 1 is 0.841 bits per heavy atom. The Balaban J connectivity index is 0.000000295. The molecule has 2 aliphatic carbocycles. The van der Waals surface area contributed by atoms with Crippen LogP contribution in [0.25, 0.3) is 0 Å². The number of nitrogens with two attached hydrogens (primary N) is 2. The molecule has 0 atom stereocenters. The summed E-state index contributed by atoms with van der Waals surface area (Å²) < 4.78 is 19.6. The number of aliphatic hydroxyl groups excluding tert-OH is 1. The number of hydrogen-bond acceptors (Lipinski definition) is 11. The second-order valence-electron chi connectivity index (χ2n) is 11.9. The molecule has 4 heterocycles. The summed E-state index contributed by atoms with van der Waals surface area (Å²) >= 11 is 0. The number of methoxy groups -OCH3 is 1. The van der Waals surface area contributed by atoms with Crippen LogP contribution in [0.2, 0.25) is 0 Å². The third-order valence-corrected chi connectivity index (χ3v) is 9.15. The van der Waals surface area contributed by atoms with E-state index in [1.54, 1.807) is 0 Å². The number of morpholine rings is 2. The normalized spacial score (nSPS) is 25.6. The van der Waals surface area contributed by atoms with Crippen molar-refractivity contribution in [1.29, 1.82) is 0 Å². The molecule has 5 N–H and O–H groups in total. The molecule has 0 spiro atoms. The number of rotatable bonds is 6. The number of anilines is 4. The van der Waals surface area contributed by atoms with Gasteiger partial charge in [-0.1, -0.05) is 0 Å². The summed E-state index contributed by atoms with van der Waals surface area (Å²) in [4.78, 5) is 16.0. The van der Waals surface area contributed by atoms with Crippen molar-refractivity contribution >= 4 is 37.4 Å². The predicted molar refractivity (Wildman–Crippen MR) is 167 cm³/mol. The van der Waals surface area contributed by atoms with Crippen LogP contribution in [0.3, 0.4) is 0 Å². The van der Waals surface area contributed by atoms with E-state index in [1.165, 1.54) is 7.11 Å². The quantitative estimate of drug-likeness (QED) is 0.272. The molecule has 239 valence electrons. The molecular formula is C29H49BLiN8O5. The molecule has 4 aliphatic rings. The van der Waals surface area contributed by atoms with Gasteiger partial charge in [0, 0.05) is 41.2 Å². The Hall–Kier alpha value is -2.37. The van der Waals surface area contributed by atoms with Gasteiger partial charge in [-0.3, -0.25) is 14.2 Å². The molecule has 2 saturated heterocycles. The van der Waals surface area contributed by atoms with Gasteiger partial charge in [-0.15, -0.1) is 0 Å². The molecule has 3 radical (unpaired) electrons. The van der Waals surface area contributed by atoms with E-state index in [-0.39, 0.29) is 40.6 Å². The molecule has 0 aromatic carbocycles. The van der Waals surface area contributed by atoms with Gasteiger partial charge >= 0.3 is 24.8 Å². The van der Waals surface area contributed by atoms with Crippen molar-refractivity contribution in [1.82, 2.24) is 19.6 Å². The average molecular weight is 608 g/mol. The number of carbonyl (C=O) groups excluding carboxylic acids is 1. The molecule has 15 heteroatoms. The Bertz CT molecular complexity index is 1150. The number of esters is 1. The van der Waals surface area contributed by atoms with Crippen LogP contribution < -0.4 is 40.1 Å². The second kappa shape index (κ2) is 17.4. The molecule has 4 fully saturated rings. The molecule has 44 heavy (non-hydrogen) atoms. The SMILES string of the molecule is COC(=O)C1CCC(n2cc(N)c(N3CCOCC3)n2)CC1.Nc1cn(C2CCC(CO)CC2)nc1N1CCOCC1.[B].[H-].[Li+]. The summed E-state index contributed by atoms with van der Waals surface area (Å²) in [7, 11) is 1.46. The number of nitrogens with zero attached hydrogens (tertiary/aromatic N) is 6. The minimum Gasteiger partial charge on any atom is -1.00 e. The van der Waals surface area contributed by atoms with Gasteiger partial charge in [0.1, 0.15) is 0 Å². The maximum Gasteiger partial charge on any atom is 1.00 e. The van der Waals surface area contributed by atoms with Gasteiger partial charge in [0.15, 0.2) is 11.6 Å². The van der Waals surface area contributed by atoms with Crippen LogP contribution in [-0.2, 0) is 19.0 Å². The molecule has 0 unspecified atom stereocenters. The number of ether oxygens (including phenoxy) is 3. The zero-order chi connectivity index (χ0) is 29.5. The van der Waals surface area contributed by atoms with Crippen LogP contribution in [0.4, 0.5) is 23.0 Å². The first kappa shape index (κ1) is 36.1. The van der Waals surface area contributed by atoms with Gasteiger partial charge in [-0.05, 0) is 57.3 Å². The summed E-state index contributed by atoms with van der Waals surface area (Å²) in [6, 6.07) is 0.743. The Kier molecular flexibility index (Phi) is 14.2. The summed E-state index contributed by atoms with van der Waals surface area (Å²) in [5.74, 6) is 2.18. The topological polar surface area (TPSA) is 159 Å². The summed E-state index contributed by atoms with van der Waals surface area (Å²) in [6.45, 7) is 6.62. The van der Waals surface area contributed by atoms with Gasteiger partial charge < -0.3 is 42.0 Å². The Morgan fingerprint density at radius 3 is 1.64 bits per heavy atom. The third kappa shape index (κ3) is 8.88. The zero-order valence-electron chi connectivity index (χ0n) is 27.5. The molecular weight excluding hydrogens is 558 g/mol. The smallest absolute Gasteiger partial charge is 1.00 e. The van der Waals surface area contributed by atoms with Crippen molar-refractivity contribution in [2.75, 3.05) is 87.6 Å². The fraction of sp³-hybridized carbons (Fsp3) is 0.759. The van der Waals surface area contributed by atoms with E-state index < -0.39 is 0 Å². The number of hydrogen-bond donors (Lipinski definition) is 3.